The number of anilines is 1. The minimum absolute atomic E-state index is 0.0615. The number of para-hydroxylation sites is 2. The molecule has 1 atom stereocenters. The lowest BCUT2D eigenvalue weighted by Crippen LogP contribution is -2.52. The van der Waals surface area contributed by atoms with Crippen LogP contribution in [-0.4, -0.2) is 47.6 Å². The summed E-state index contributed by atoms with van der Waals surface area (Å²) in [5, 5.41) is 3.95. The van der Waals surface area contributed by atoms with Gasteiger partial charge in [-0.2, -0.15) is 0 Å². The fraction of sp³-hybridized carbons (Fsp3) is 0.370. The quantitative estimate of drug-likeness (QED) is 0.547. The van der Waals surface area contributed by atoms with Gasteiger partial charge >= 0.3 is 0 Å². The number of benzene rings is 2. The maximum Gasteiger partial charge on any atom is 0.265 e. The molecule has 35 heavy (non-hydrogen) atoms. The van der Waals surface area contributed by atoms with Gasteiger partial charge in [0.2, 0.25) is 0 Å². The van der Waals surface area contributed by atoms with Gasteiger partial charge < -0.3 is 23.8 Å². The van der Waals surface area contributed by atoms with Crippen molar-refractivity contribution in [1.29, 1.82) is 0 Å². The van der Waals surface area contributed by atoms with E-state index in [1.807, 2.05) is 43.0 Å². The first-order valence-electron chi connectivity index (χ1n) is 12.0. The number of ether oxygens (including phenoxy) is 2. The van der Waals surface area contributed by atoms with Crippen LogP contribution in [0.4, 0.5) is 5.69 Å². The number of hydrogen-bond acceptors (Lipinski definition) is 6. The molecule has 0 aliphatic carbocycles. The van der Waals surface area contributed by atoms with E-state index in [9.17, 15) is 9.59 Å². The molecule has 182 valence electrons. The largest absolute Gasteiger partial charge is 0.489 e. The minimum Gasteiger partial charge on any atom is -0.489 e. The van der Waals surface area contributed by atoms with E-state index in [4.69, 9.17) is 14.0 Å². The summed E-state index contributed by atoms with van der Waals surface area (Å²) in [6.07, 6.45) is 2.40. The van der Waals surface area contributed by atoms with Crippen LogP contribution in [0.25, 0.3) is 0 Å². The Kier molecular flexibility index (Phi) is 6.44. The Morgan fingerprint density at radius 3 is 2.63 bits per heavy atom. The zero-order valence-electron chi connectivity index (χ0n) is 20.0. The van der Waals surface area contributed by atoms with Crippen molar-refractivity contribution in [2.24, 2.45) is 0 Å². The molecule has 2 aliphatic heterocycles. The minimum atomic E-state index is -0.731. The highest BCUT2D eigenvalue weighted by Crippen LogP contribution is 2.35. The zero-order valence-corrected chi connectivity index (χ0v) is 20.0. The predicted molar refractivity (Wildman–Crippen MR) is 130 cm³/mol. The standard InChI is InChI=1S/C27H29N3O5/c1-18-22(19(2)35-28-18)17-33-21-10-8-9-20(15-21)26(31)30-16-25(27(32)29-13-6-3-7-14-29)34-24-12-5-4-11-23(24)30/h4-5,8-12,15,25H,3,6-7,13-14,16-17H2,1-2H3/t25-/m1/s1. The van der Waals surface area contributed by atoms with Crippen LogP contribution in [0.5, 0.6) is 11.5 Å². The van der Waals surface area contributed by atoms with Gasteiger partial charge in [-0.25, -0.2) is 0 Å². The van der Waals surface area contributed by atoms with E-state index in [0.29, 0.717) is 35.1 Å². The third-order valence-electron chi connectivity index (χ3n) is 6.61. The van der Waals surface area contributed by atoms with E-state index >= 15 is 0 Å². The molecule has 1 aromatic heterocycles. The number of aromatic nitrogens is 1. The van der Waals surface area contributed by atoms with Crippen molar-refractivity contribution < 1.29 is 23.6 Å². The number of piperidine rings is 1. The number of rotatable bonds is 5. The molecule has 0 N–H and O–H groups in total. The molecular formula is C27H29N3O5. The number of carbonyl (C=O) groups excluding carboxylic acids is 2. The number of fused-ring (bicyclic) bond motifs is 1. The van der Waals surface area contributed by atoms with Gasteiger partial charge in [0.05, 0.1) is 23.5 Å². The Balaban J connectivity index is 1.36. The van der Waals surface area contributed by atoms with Crippen molar-refractivity contribution >= 4 is 17.5 Å². The highest BCUT2D eigenvalue weighted by Gasteiger charge is 2.36. The van der Waals surface area contributed by atoms with Gasteiger partial charge in [-0.1, -0.05) is 23.4 Å². The van der Waals surface area contributed by atoms with Gasteiger partial charge in [0.15, 0.2) is 6.10 Å². The second-order valence-corrected chi connectivity index (χ2v) is 9.00. The van der Waals surface area contributed by atoms with Crippen LogP contribution >= 0.6 is 0 Å². The number of nitrogens with zero attached hydrogens (tertiary/aromatic N) is 3. The van der Waals surface area contributed by atoms with Gasteiger partial charge in [0, 0.05) is 18.7 Å². The first-order valence-corrected chi connectivity index (χ1v) is 12.0. The van der Waals surface area contributed by atoms with E-state index in [1.54, 1.807) is 29.2 Å². The molecule has 5 rings (SSSR count). The smallest absolute Gasteiger partial charge is 0.265 e. The number of likely N-dealkylation sites (tertiary alicyclic amines) is 1. The summed E-state index contributed by atoms with van der Waals surface area (Å²) in [6.45, 7) is 5.64. The molecule has 2 aliphatic rings. The molecular weight excluding hydrogens is 446 g/mol. The number of hydrogen-bond donors (Lipinski definition) is 0. The zero-order chi connectivity index (χ0) is 24.4. The van der Waals surface area contributed by atoms with Crippen LogP contribution in [-0.2, 0) is 11.4 Å². The molecule has 1 fully saturated rings. The highest BCUT2D eigenvalue weighted by molar-refractivity contribution is 6.08. The van der Waals surface area contributed by atoms with Gasteiger partial charge in [-0.3, -0.25) is 9.59 Å². The van der Waals surface area contributed by atoms with E-state index in [1.165, 1.54) is 0 Å². The van der Waals surface area contributed by atoms with Crippen LogP contribution < -0.4 is 14.4 Å². The van der Waals surface area contributed by atoms with Crippen LogP contribution in [0.15, 0.2) is 53.1 Å². The molecule has 8 heteroatoms. The number of aryl methyl sites for hydroxylation is 2. The van der Waals surface area contributed by atoms with Crippen molar-refractivity contribution in [2.75, 3.05) is 24.5 Å². The first-order chi connectivity index (χ1) is 17.0. The topological polar surface area (TPSA) is 85.1 Å². The Labute approximate surface area is 204 Å². The van der Waals surface area contributed by atoms with Crippen molar-refractivity contribution in [2.45, 2.75) is 45.8 Å². The van der Waals surface area contributed by atoms with Gasteiger partial charge in [0.25, 0.3) is 11.8 Å². The summed E-state index contributed by atoms with van der Waals surface area (Å²) in [7, 11) is 0. The number of amides is 2. The maximum atomic E-state index is 13.7. The van der Waals surface area contributed by atoms with E-state index in [-0.39, 0.29) is 18.4 Å². The molecule has 0 bridgehead atoms. The van der Waals surface area contributed by atoms with Crippen molar-refractivity contribution in [3.8, 4) is 11.5 Å². The van der Waals surface area contributed by atoms with Gasteiger partial charge in [-0.15, -0.1) is 0 Å². The fourth-order valence-electron chi connectivity index (χ4n) is 4.61. The fourth-order valence-corrected chi connectivity index (χ4v) is 4.61. The Morgan fingerprint density at radius 1 is 1.06 bits per heavy atom. The lowest BCUT2D eigenvalue weighted by Gasteiger charge is -2.37. The molecule has 0 saturated carbocycles. The first kappa shape index (κ1) is 23.0. The average Bonchev–Trinajstić information content (AvgIpc) is 3.23. The normalized spacial score (nSPS) is 17.5. The Hall–Kier alpha value is -3.81. The molecule has 0 unspecified atom stereocenters. The second kappa shape index (κ2) is 9.82. The predicted octanol–water partition coefficient (Wildman–Crippen LogP) is 4.29. The Bertz CT molecular complexity index is 1210. The lowest BCUT2D eigenvalue weighted by atomic mass is 10.1. The highest BCUT2D eigenvalue weighted by atomic mass is 16.5. The van der Waals surface area contributed by atoms with Gasteiger partial charge in [-0.05, 0) is 63.4 Å². The summed E-state index contributed by atoms with van der Waals surface area (Å²) >= 11 is 0. The Morgan fingerprint density at radius 2 is 1.86 bits per heavy atom. The van der Waals surface area contributed by atoms with Crippen LogP contribution in [0, 0.1) is 13.8 Å². The second-order valence-electron chi connectivity index (χ2n) is 9.00. The van der Waals surface area contributed by atoms with Gasteiger partial charge in [0.1, 0.15) is 23.9 Å². The third-order valence-corrected chi connectivity index (χ3v) is 6.61. The summed E-state index contributed by atoms with van der Waals surface area (Å²) in [5.41, 5.74) is 2.80. The van der Waals surface area contributed by atoms with Crippen molar-refractivity contribution in [3.63, 3.8) is 0 Å². The van der Waals surface area contributed by atoms with Crippen molar-refractivity contribution in [3.05, 3.63) is 71.1 Å². The van der Waals surface area contributed by atoms with E-state index < -0.39 is 6.10 Å². The van der Waals surface area contributed by atoms with E-state index in [2.05, 4.69) is 5.16 Å². The maximum absolute atomic E-state index is 13.7. The molecule has 2 amide bonds. The summed E-state index contributed by atoms with van der Waals surface area (Å²) in [4.78, 5) is 30.4. The summed E-state index contributed by atoms with van der Waals surface area (Å²) in [6, 6.07) is 14.4. The number of carbonyl (C=O) groups is 2. The van der Waals surface area contributed by atoms with E-state index in [0.717, 1.165) is 43.6 Å². The lowest BCUT2D eigenvalue weighted by molar-refractivity contribution is -0.139. The molecule has 0 spiro atoms. The van der Waals surface area contributed by atoms with Crippen LogP contribution in [0.3, 0.4) is 0 Å². The SMILES string of the molecule is Cc1noc(C)c1COc1cccc(C(=O)N2C[C@H](C(=O)N3CCCCC3)Oc3ccccc32)c1. The summed E-state index contributed by atoms with van der Waals surface area (Å²) < 4.78 is 17.2. The van der Waals surface area contributed by atoms with Crippen LogP contribution in [0.2, 0.25) is 0 Å². The molecule has 0 radical (unpaired) electrons. The molecule has 2 aromatic carbocycles. The molecule has 3 aromatic rings. The van der Waals surface area contributed by atoms with Crippen LogP contribution in [0.1, 0.15) is 46.6 Å². The monoisotopic (exact) mass is 475 g/mol. The van der Waals surface area contributed by atoms with Crippen molar-refractivity contribution in [1.82, 2.24) is 10.1 Å². The summed E-state index contributed by atoms with van der Waals surface area (Å²) in [5.74, 6) is 1.55. The molecule has 8 nitrogen and oxygen atoms in total. The third kappa shape index (κ3) is 4.73. The average molecular weight is 476 g/mol. The molecule has 1 saturated heterocycles. The molecule has 3 heterocycles.